The molecular formula is C22H29NO3. The third-order valence-corrected chi connectivity index (χ3v) is 3.86. The third-order valence-electron chi connectivity index (χ3n) is 3.86. The van der Waals surface area contributed by atoms with Crippen molar-refractivity contribution in [3.05, 3.63) is 65.7 Å². The molecule has 140 valence electrons. The van der Waals surface area contributed by atoms with E-state index in [1.807, 2.05) is 56.3 Å². The molecule has 0 heterocycles. The van der Waals surface area contributed by atoms with Gasteiger partial charge >= 0.3 is 0 Å². The predicted molar refractivity (Wildman–Crippen MR) is 105 cm³/mol. The zero-order valence-electron chi connectivity index (χ0n) is 15.7. The van der Waals surface area contributed by atoms with E-state index >= 15 is 0 Å². The second kappa shape index (κ2) is 11.4. The molecular weight excluding hydrogens is 326 g/mol. The van der Waals surface area contributed by atoms with Crippen LogP contribution in [0.15, 0.2) is 54.6 Å². The first-order valence-corrected chi connectivity index (χ1v) is 9.25. The van der Waals surface area contributed by atoms with Crippen molar-refractivity contribution in [1.29, 1.82) is 0 Å². The Hall–Kier alpha value is -2.17. The minimum Gasteiger partial charge on any atom is -0.381 e. The van der Waals surface area contributed by atoms with Crippen molar-refractivity contribution >= 4 is 11.6 Å². The second-order valence-electron chi connectivity index (χ2n) is 6.56. The van der Waals surface area contributed by atoms with Crippen molar-refractivity contribution in [2.45, 2.75) is 45.8 Å². The molecule has 0 spiro atoms. The molecule has 0 unspecified atom stereocenters. The number of hydrogen-bond donors (Lipinski definition) is 1. The van der Waals surface area contributed by atoms with Crippen LogP contribution in [0.5, 0.6) is 0 Å². The molecule has 0 aliphatic carbocycles. The topological polar surface area (TPSA) is 47.6 Å². The van der Waals surface area contributed by atoms with E-state index in [-0.39, 0.29) is 12.0 Å². The summed E-state index contributed by atoms with van der Waals surface area (Å²) in [7, 11) is 0. The smallest absolute Gasteiger partial charge is 0.224 e. The Bertz CT molecular complexity index is 655. The molecule has 0 aliphatic rings. The summed E-state index contributed by atoms with van der Waals surface area (Å²) in [6.07, 6.45) is 2.27. The van der Waals surface area contributed by atoms with E-state index in [9.17, 15) is 4.79 Å². The minimum absolute atomic E-state index is 0.0126. The Morgan fingerprint density at radius 2 is 1.77 bits per heavy atom. The molecule has 1 amide bonds. The van der Waals surface area contributed by atoms with E-state index < -0.39 is 0 Å². The van der Waals surface area contributed by atoms with Gasteiger partial charge in [-0.2, -0.15) is 0 Å². The maximum Gasteiger partial charge on any atom is 0.224 e. The number of carbonyl (C=O) groups excluding carboxylic acids is 1. The average Bonchev–Trinajstić information content (AvgIpc) is 2.64. The lowest BCUT2D eigenvalue weighted by molar-refractivity contribution is -0.116. The molecule has 2 aromatic rings. The van der Waals surface area contributed by atoms with Crippen molar-refractivity contribution < 1.29 is 14.3 Å². The highest BCUT2D eigenvalue weighted by Gasteiger charge is 2.04. The quantitative estimate of drug-likeness (QED) is 0.600. The normalized spacial score (nSPS) is 10.9. The molecule has 0 aliphatic heterocycles. The van der Waals surface area contributed by atoms with Gasteiger partial charge in [-0.1, -0.05) is 42.5 Å². The van der Waals surface area contributed by atoms with Crippen LogP contribution in [-0.4, -0.2) is 25.2 Å². The molecule has 0 bridgehead atoms. The van der Waals surface area contributed by atoms with Crippen LogP contribution in [-0.2, 0) is 27.3 Å². The summed E-state index contributed by atoms with van der Waals surface area (Å²) in [6.45, 7) is 5.85. The number of hydrogen-bond acceptors (Lipinski definition) is 3. The first kappa shape index (κ1) is 20.1. The van der Waals surface area contributed by atoms with Crippen molar-refractivity contribution in [3.8, 4) is 0 Å². The molecule has 2 rings (SSSR count). The Morgan fingerprint density at radius 3 is 2.54 bits per heavy atom. The first-order valence-electron chi connectivity index (χ1n) is 9.25. The van der Waals surface area contributed by atoms with Gasteiger partial charge in [0.25, 0.3) is 0 Å². The molecule has 1 N–H and O–H groups in total. The monoisotopic (exact) mass is 355 g/mol. The Balaban J connectivity index is 1.60. The van der Waals surface area contributed by atoms with Gasteiger partial charge in [-0.3, -0.25) is 4.79 Å². The highest BCUT2D eigenvalue weighted by atomic mass is 16.5. The number of rotatable bonds is 11. The van der Waals surface area contributed by atoms with E-state index in [1.54, 1.807) is 0 Å². The maximum atomic E-state index is 12.0. The van der Waals surface area contributed by atoms with Crippen LogP contribution in [0.25, 0.3) is 0 Å². The maximum absolute atomic E-state index is 12.0. The molecule has 0 saturated heterocycles. The summed E-state index contributed by atoms with van der Waals surface area (Å²) >= 11 is 0. The van der Waals surface area contributed by atoms with Crippen molar-refractivity contribution in [1.82, 2.24) is 0 Å². The fourth-order valence-corrected chi connectivity index (χ4v) is 2.50. The minimum atomic E-state index is 0.0126. The van der Waals surface area contributed by atoms with E-state index in [2.05, 4.69) is 17.4 Å². The Labute approximate surface area is 156 Å². The third kappa shape index (κ3) is 8.28. The first-order chi connectivity index (χ1) is 12.6. The summed E-state index contributed by atoms with van der Waals surface area (Å²) in [5.74, 6) is 0.0126. The molecule has 0 saturated carbocycles. The van der Waals surface area contributed by atoms with Gasteiger partial charge in [-0.15, -0.1) is 0 Å². The zero-order chi connectivity index (χ0) is 18.6. The highest BCUT2D eigenvalue weighted by molar-refractivity contribution is 5.90. The van der Waals surface area contributed by atoms with Gasteiger partial charge in [-0.05, 0) is 49.9 Å². The van der Waals surface area contributed by atoms with Crippen molar-refractivity contribution in [2.24, 2.45) is 0 Å². The molecule has 0 aromatic heterocycles. The number of ether oxygens (including phenoxy) is 2. The number of carbonyl (C=O) groups is 1. The van der Waals surface area contributed by atoms with Crippen molar-refractivity contribution in [3.63, 3.8) is 0 Å². The van der Waals surface area contributed by atoms with Gasteiger partial charge in [0, 0.05) is 18.7 Å². The molecule has 0 atom stereocenters. The molecule has 4 nitrogen and oxygen atoms in total. The van der Waals surface area contributed by atoms with Gasteiger partial charge in [0.1, 0.15) is 0 Å². The SMILES string of the molecule is CC(C)OCc1cccc(NC(=O)CCCOCCc2ccccc2)c1. The molecule has 0 fully saturated rings. The van der Waals surface area contributed by atoms with Crippen LogP contribution in [0, 0.1) is 0 Å². The fraction of sp³-hybridized carbons (Fsp3) is 0.409. The molecule has 2 aromatic carbocycles. The van der Waals surface area contributed by atoms with Gasteiger partial charge in [0.15, 0.2) is 0 Å². The van der Waals surface area contributed by atoms with E-state index in [0.29, 0.717) is 26.2 Å². The largest absolute Gasteiger partial charge is 0.381 e. The van der Waals surface area contributed by atoms with E-state index in [1.165, 1.54) is 5.56 Å². The summed E-state index contributed by atoms with van der Waals surface area (Å²) in [5, 5.41) is 2.94. The van der Waals surface area contributed by atoms with Gasteiger partial charge < -0.3 is 14.8 Å². The van der Waals surface area contributed by atoms with E-state index in [4.69, 9.17) is 9.47 Å². The van der Waals surface area contributed by atoms with Crippen molar-refractivity contribution in [2.75, 3.05) is 18.5 Å². The standard InChI is InChI=1S/C22H29NO3/c1-18(2)26-17-20-10-6-11-21(16-20)23-22(24)12-7-14-25-15-13-19-8-4-3-5-9-19/h3-6,8-11,16,18H,7,12-15,17H2,1-2H3,(H,23,24). The van der Waals surface area contributed by atoms with Gasteiger partial charge in [0.05, 0.1) is 19.3 Å². The van der Waals surface area contributed by atoms with Crippen LogP contribution in [0.4, 0.5) is 5.69 Å². The van der Waals surface area contributed by atoms with E-state index in [0.717, 1.165) is 24.1 Å². The summed E-state index contributed by atoms with van der Waals surface area (Å²) < 4.78 is 11.2. The summed E-state index contributed by atoms with van der Waals surface area (Å²) in [5.41, 5.74) is 3.14. The number of amides is 1. The summed E-state index contributed by atoms with van der Waals surface area (Å²) in [4.78, 5) is 12.0. The van der Waals surface area contributed by atoms with Gasteiger partial charge in [-0.25, -0.2) is 0 Å². The number of nitrogens with one attached hydrogen (secondary N) is 1. The predicted octanol–water partition coefficient (Wildman–Crippen LogP) is 4.59. The highest BCUT2D eigenvalue weighted by Crippen LogP contribution is 2.13. The van der Waals surface area contributed by atoms with Gasteiger partial charge in [0.2, 0.25) is 5.91 Å². The van der Waals surface area contributed by atoms with Crippen LogP contribution >= 0.6 is 0 Å². The van der Waals surface area contributed by atoms with Crippen LogP contribution in [0.3, 0.4) is 0 Å². The number of benzene rings is 2. The van der Waals surface area contributed by atoms with Crippen LogP contribution in [0.2, 0.25) is 0 Å². The lowest BCUT2D eigenvalue weighted by Gasteiger charge is -2.10. The molecule has 4 heteroatoms. The number of anilines is 1. The average molecular weight is 355 g/mol. The Morgan fingerprint density at radius 1 is 1.00 bits per heavy atom. The lowest BCUT2D eigenvalue weighted by atomic mass is 10.2. The van der Waals surface area contributed by atoms with Crippen LogP contribution < -0.4 is 5.32 Å². The second-order valence-corrected chi connectivity index (χ2v) is 6.56. The molecule has 0 radical (unpaired) electrons. The molecule has 26 heavy (non-hydrogen) atoms. The van der Waals surface area contributed by atoms with Crippen LogP contribution in [0.1, 0.15) is 37.8 Å². The fourth-order valence-electron chi connectivity index (χ4n) is 2.50. The lowest BCUT2D eigenvalue weighted by Crippen LogP contribution is -2.13. The Kier molecular flexibility index (Phi) is 8.87. The zero-order valence-corrected chi connectivity index (χ0v) is 15.7. The summed E-state index contributed by atoms with van der Waals surface area (Å²) in [6, 6.07) is 18.0.